The normalized spacial score (nSPS) is 11.3. The molecular formula is C11H11N3OS. The van der Waals surface area contributed by atoms with E-state index in [2.05, 4.69) is 15.2 Å². The molecule has 5 heteroatoms. The van der Waals surface area contributed by atoms with Crippen molar-refractivity contribution in [1.29, 1.82) is 0 Å². The Bertz CT molecular complexity index is 533. The molecule has 0 spiro atoms. The molecule has 0 unspecified atom stereocenters. The summed E-state index contributed by atoms with van der Waals surface area (Å²) in [5, 5.41) is 6.90. The van der Waals surface area contributed by atoms with Crippen LogP contribution in [0.1, 0.15) is 12.5 Å². The highest BCUT2D eigenvalue weighted by atomic mass is 32.2. The zero-order chi connectivity index (χ0) is 11.4. The molecule has 0 bridgehead atoms. The first-order valence-electron chi connectivity index (χ1n) is 4.85. The fraction of sp³-hybridized carbons (Fsp3) is 0.182. The lowest BCUT2D eigenvalue weighted by Crippen LogP contribution is -1.82. The number of carbonyl (C=O) groups is 1. The number of H-pyrrole nitrogens is 1. The van der Waals surface area contributed by atoms with E-state index in [-0.39, 0.29) is 5.12 Å². The Morgan fingerprint density at radius 3 is 3.25 bits per heavy atom. The predicted molar refractivity (Wildman–Crippen MR) is 66.1 cm³/mol. The number of aromatic nitrogens is 3. The zero-order valence-corrected chi connectivity index (χ0v) is 9.62. The Morgan fingerprint density at radius 2 is 2.44 bits per heavy atom. The van der Waals surface area contributed by atoms with E-state index in [4.69, 9.17) is 0 Å². The van der Waals surface area contributed by atoms with Crippen LogP contribution in [0.2, 0.25) is 0 Å². The lowest BCUT2D eigenvalue weighted by Gasteiger charge is -1.93. The van der Waals surface area contributed by atoms with Gasteiger partial charge in [0, 0.05) is 18.9 Å². The van der Waals surface area contributed by atoms with Crippen LogP contribution in [-0.4, -0.2) is 26.0 Å². The maximum atomic E-state index is 10.7. The molecule has 0 amide bonds. The van der Waals surface area contributed by atoms with Gasteiger partial charge in [-0.3, -0.25) is 14.9 Å². The monoisotopic (exact) mass is 233 g/mol. The van der Waals surface area contributed by atoms with Crippen LogP contribution in [0.4, 0.5) is 0 Å². The first kappa shape index (κ1) is 10.9. The molecule has 2 heterocycles. The number of fused-ring (bicyclic) bond motifs is 1. The van der Waals surface area contributed by atoms with Crippen LogP contribution < -0.4 is 0 Å². The molecule has 0 aliphatic heterocycles. The van der Waals surface area contributed by atoms with Crippen LogP contribution in [0.5, 0.6) is 0 Å². The van der Waals surface area contributed by atoms with Gasteiger partial charge in [0.1, 0.15) is 5.52 Å². The van der Waals surface area contributed by atoms with Gasteiger partial charge < -0.3 is 0 Å². The number of rotatable bonds is 3. The summed E-state index contributed by atoms with van der Waals surface area (Å²) in [5.74, 6) is 0.691. The summed E-state index contributed by atoms with van der Waals surface area (Å²) in [5.41, 5.74) is 2.78. The van der Waals surface area contributed by atoms with Crippen LogP contribution >= 0.6 is 11.8 Å². The average molecular weight is 233 g/mol. The van der Waals surface area contributed by atoms with E-state index in [0.717, 1.165) is 16.6 Å². The molecule has 0 atom stereocenters. The number of aromatic amines is 1. The summed E-state index contributed by atoms with van der Waals surface area (Å²) in [6, 6.07) is 1.98. The largest absolute Gasteiger partial charge is 0.288 e. The van der Waals surface area contributed by atoms with Gasteiger partial charge in [-0.25, -0.2) is 0 Å². The second-order valence-electron chi connectivity index (χ2n) is 3.28. The molecule has 0 radical (unpaired) electrons. The number of nitrogens with zero attached hydrogens (tertiary/aromatic N) is 2. The Labute approximate surface area is 97.1 Å². The van der Waals surface area contributed by atoms with E-state index in [9.17, 15) is 4.79 Å². The number of hydrogen-bond acceptors (Lipinski definition) is 4. The molecule has 2 aromatic heterocycles. The van der Waals surface area contributed by atoms with Crippen molar-refractivity contribution in [2.45, 2.75) is 6.92 Å². The Kier molecular flexibility index (Phi) is 3.36. The predicted octanol–water partition coefficient (Wildman–Crippen LogP) is 2.25. The second-order valence-corrected chi connectivity index (χ2v) is 4.47. The summed E-state index contributed by atoms with van der Waals surface area (Å²) in [6.45, 7) is 1.57. The Balaban J connectivity index is 2.06. The van der Waals surface area contributed by atoms with Gasteiger partial charge in [-0.2, -0.15) is 5.10 Å². The maximum Gasteiger partial charge on any atom is 0.186 e. The molecule has 0 aliphatic carbocycles. The fourth-order valence-electron chi connectivity index (χ4n) is 1.29. The van der Waals surface area contributed by atoms with Gasteiger partial charge >= 0.3 is 0 Å². The Morgan fingerprint density at radius 1 is 1.56 bits per heavy atom. The summed E-state index contributed by atoms with van der Waals surface area (Å²) in [7, 11) is 0. The lowest BCUT2D eigenvalue weighted by molar-refractivity contribution is -0.109. The molecule has 1 N–H and O–H groups in total. The van der Waals surface area contributed by atoms with Crippen LogP contribution in [-0.2, 0) is 4.79 Å². The first-order valence-corrected chi connectivity index (χ1v) is 5.83. The zero-order valence-electron chi connectivity index (χ0n) is 8.80. The third kappa shape index (κ3) is 2.70. The maximum absolute atomic E-state index is 10.7. The van der Waals surface area contributed by atoms with Crippen molar-refractivity contribution >= 4 is 34.0 Å². The van der Waals surface area contributed by atoms with Crippen molar-refractivity contribution in [3.8, 4) is 0 Å². The molecule has 2 rings (SSSR count). The highest BCUT2D eigenvalue weighted by Gasteiger charge is 1.96. The molecule has 82 valence electrons. The summed E-state index contributed by atoms with van der Waals surface area (Å²) in [6.07, 6.45) is 7.37. The molecule has 16 heavy (non-hydrogen) atoms. The highest BCUT2D eigenvalue weighted by Crippen LogP contribution is 2.11. The minimum Gasteiger partial charge on any atom is -0.288 e. The van der Waals surface area contributed by atoms with E-state index in [1.165, 1.54) is 11.8 Å². The molecule has 0 fully saturated rings. The van der Waals surface area contributed by atoms with E-state index in [1.54, 1.807) is 19.3 Å². The van der Waals surface area contributed by atoms with Gasteiger partial charge in [-0.15, -0.1) is 0 Å². The number of pyridine rings is 1. The molecule has 0 saturated heterocycles. The van der Waals surface area contributed by atoms with Crippen LogP contribution in [0.15, 0.2) is 24.5 Å². The molecule has 2 aromatic rings. The van der Waals surface area contributed by atoms with Crippen LogP contribution in [0.3, 0.4) is 0 Å². The minimum atomic E-state index is 0.131. The topological polar surface area (TPSA) is 58.6 Å². The smallest absolute Gasteiger partial charge is 0.186 e. The standard InChI is InChI=1S/C11H11N3OS/c1-8(15)16-4-2-3-9-5-10-11(12-6-9)7-13-14-10/h2-3,5-7H,4H2,1H3,(H,13,14). The molecule has 4 nitrogen and oxygen atoms in total. The van der Waals surface area contributed by atoms with Crippen LogP contribution in [0.25, 0.3) is 17.1 Å². The van der Waals surface area contributed by atoms with Gasteiger partial charge in [0.25, 0.3) is 0 Å². The first-order chi connectivity index (χ1) is 7.75. The van der Waals surface area contributed by atoms with Gasteiger partial charge in [-0.05, 0) is 11.6 Å². The van der Waals surface area contributed by atoms with E-state index in [1.807, 2.05) is 18.2 Å². The van der Waals surface area contributed by atoms with Gasteiger partial charge in [0.2, 0.25) is 0 Å². The molecular weight excluding hydrogens is 222 g/mol. The minimum absolute atomic E-state index is 0.131. The summed E-state index contributed by atoms with van der Waals surface area (Å²) in [4.78, 5) is 14.9. The van der Waals surface area contributed by atoms with Crippen molar-refractivity contribution < 1.29 is 4.79 Å². The quantitative estimate of drug-likeness (QED) is 0.883. The van der Waals surface area contributed by atoms with E-state index < -0.39 is 0 Å². The van der Waals surface area contributed by atoms with Gasteiger partial charge in [0.05, 0.1) is 11.7 Å². The third-order valence-corrected chi connectivity index (χ3v) is 2.77. The summed E-state index contributed by atoms with van der Waals surface area (Å²) >= 11 is 1.29. The number of carbonyl (C=O) groups excluding carboxylic acids is 1. The van der Waals surface area contributed by atoms with Crippen molar-refractivity contribution in [2.24, 2.45) is 0 Å². The number of thioether (sulfide) groups is 1. The van der Waals surface area contributed by atoms with E-state index >= 15 is 0 Å². The SMILES string of the molecule is CC(=O)SCC=Cc1cnc2cn[nH]c2c1. The summed E-state index contributed by atoms with van der Waals surface area (Å²) < 4.78 is 0. The Hall–Kier alpha value is -1.62. The molecule has 0 aromatic carbocycles. The average Bonchev–Trinajstić information content (AvgIpc) is 2.71. The van der Waals surface area contributed by atoms with Crippen molar-refractivity contribution in [3.05, 3.63) is 30.1 Å². The van der Waals surface area contributed by atoms with Crippen molar-refractivity contribution in [2.75, 3.05) is 5.75 Å². The fourth-order valence-corrected chi connectivity index (χ4v) is 1.71. The lowest BCUT2D eigenvalue weighted by atomic mass is 10.2. The number of hydrogen-bond donors (Lipinski definition) is 1. The van der Waals surface area contributed by atoms with Crippen molar-refractivity contribution in [1.82, 2.24) is 15.2 Å². The van der Waals surface area contributed by atoms with Crippen molar-refractivity contribution in [3.63, 3.8) is 0 Å². The second kappa shape index (κ2) is 4.94. The molecule has 0 aliphatic rings. The van der Waals surface area contributed by atoms with Gasteiger partial charge in [0.15, 0.2) is 5.12 Å². The van der Waals surface area contributed by atoms with E-state index in [0.29, 0.717) is 5.75 Å². The number of nitrogens with one attached hydrogen (secondary N) is 1. The third-order valence-electron chi connectivity index (χ3n) is 2.00. The molecule has 0 saturated carbocycles. The van der Waals surface area contributed by atoms with Crippen LogP contribution in [0, 0.1) is 0 Å². The van der Waals surface area contributed by atoms with Gasteiger partial charge in [-0.1, -0.05) is 23.9 Å². The highest BCUT2D eigenvalue weighted by molar-refractivity contribution is 8.13.